The summed E-state index contributed by atoms with van der Waals surface area (Å²) in [5.41, 5.74) is -0.343. The van der Waals surface area contributed by atoms with E-state index in [-0.39, 0.29) is 23.6 Å². The normalized spacial score (nSPS) is 15.3. The van der Waals surface area contributed by atoms with Crippen molar-refractivity contribution in [2.75, 3.05) is 6.61 Å². The van der Waals surface area contributed by atoms with Crippen molar-refractivity contribution >= 4 is 31.3 Å². The maximum absolute atomic E-state index is 15.2. The van der Waals surface area contributed by atoms with E-state index < -0.39 is 50.0 Å². The number of halogens is 4. The third-order valence-corrected chi connectivity index (χ3v) is 7.36. The first-order valence-corrected chi connectivity index (χ1v) is 16.2. The van der Waals surface area contributed by atoms with Gasteiger partial charge in [0.1, 0.15) is 29.7 Å². The average molecular weight is 562 g/mol. The van der Waals surface area contributed by atoms with E-state index in [1.807, 2.05) is 0 Å². The summed E-state index contributed by atoms with van der Waals surface area (Å²) in [6.07, 6.45) is -7.53. The van der Waals surface area contributed by atoms with Crippen LogP contribution in [0.4, 0.5) is 22.4 Å². The molecule has 38 heavy (non-hydrogen) atoms. The second-order valence-corrected chi connectivity index (χ2v) is 17.1. The van der Waals surface area contributed by atoms with E-state index in [1.54, 1.807) is 26.8 Å². The molecular weight excluding hydrogens is 522 g/mol. The number of carbonyl (C=O) groups excluding carboxylic acids is 1. The standard InChI is InChI=1S/C26H39F4N3O4Si/c1-10-18-11-12-19-22(20(18)27)31-23(33(19)15-35-13-14-38(7,8)9)21(32-24(34)37-25(4,5)6)16(2)36-17(3)26(28,29)30/h10-12,16-17,21H,1,13-15H2,2-9H3,(H,32,34)/t16-,17-,21+/m1/s1. The molecule has 0 saturated carbocycles. The minimum atomic E-state index is -4.63. The largest absolute Gasteiger partial charge is 0.444 e. The van der Waals surface area contributed by atoms with Crippen LogP contribution >= 0.6 is 0 Å². The summed E-state index contributed by atoms with van der Waals surface area (Å²) < 4.78 is 73.2. The molecule has 0 spiro atoms. The van der Waals surface area contributed by atoms with Gasteiger partial charge >= 0.3 is 12.3 Å². The van der Waals surface area contributed by atoms with Gasteiger partial charge in [-0.05, 0) is 52.8 Å². The van der Waals surface area contributed by atoms with Crippen LogP contribution < -0.4 is 5.32 Å². The minimum Gasteiger partial charge on any atom is -0.444 e. The number of carbonyl (C=O) groups is 1. The number of aromatic nitrogens is 2. The number of hydrogen-bond donors (Lipinski definition) is 1. The van der Waals surface area contributed by atoms with Gasteiger partial charge in [0.15, 0.2) is 11.9 Å². The number of nitrogens with zero attached hydrogens (tertiary/aromatic N) is 2. The summed E-state index contributed by atoms with van der Waals surface area (Å²) in [5.74, 6) is -0.575. The maximum atomic E-state index is 15.2. The van der Waals surface area contributed by atoms with Crippen LogP contribution in [0, 0.1) is 5.82 Å². The quantitative estimate of drug-likeness (QED) is 0.181. The predicted octanol–water partition coefficient (Wildman–Crippen LogP) is 7.05. The number of nitrogens with one attached hydrogen (secondary N) is 1. The van der Waals surface area contributed by atoms with E-state index >= 15 is 4.39 Å². The van der Waals surface area contributed by atoms with Gasteiger partial charge in [-0.3, -0.25) is 0 Å². The highest BCUT2D eigenvalue weighted by Gasteiger charge is 2.40. The Morgan fingerprint density at radius 3 is 2.37 bits per heavy atom. The molecular formula is C26H39F4N3O4Si. The fourth-order valence-corrected chi connectivity index (χ4v) is 4.32. The predicted molar refractivity (Wildman–Crippen MR) is 142 cm³/mol. The molecule has 0 aliphatic heterocycles. The SMILES string of the molecule is C=Cc1ccc2c(nc([C@@H](NC(=O)OC(C)(C)C)[C@@H](C)O[C@H](C)C(F)(F)F)n2COCC[Si](C)(C)C)c1F. The molecule has 1 N–H and O–H groups in total. The highest BCUT2D eigenvalue weighted by Crippen LogP contribution is 2.31. The number of fused-ring (bicyclic) bond motifs is 1. The monoisotopic (exact) mass is 561 g/mol. The minimum absolute atomic E-state index is 0.0294. The zero-order valence-electron chi connectivity index (χ0n) is 23.3. The Labute approximate surface area is 222 Å². The number of amides is 1. The van der Waals surface area contributed by atoms with E-state index in [4.69, 9.17) is 14.2 Å². The smallest absolute Gasteiger partial charge is 0.414 e. The lowest BCUT2D eigenvalue weighted by atomic mass is 10.1. The van der Waals surface area contributed by atoms with Crippen molar-refractivity contribution in [3.8, 4) is 0 Å². The van der Waals surface area contributed by atoms with Gasteiger partial charge in [-0.25, -0.2) is 14.2 Å². The van der Waals surface area contributed by atoms with Gasteiger partial charge in [0, 0.05) is 20.2 Å². The molecule has 1 aromatic heterocycles. The van der Waals surface area contributed by atoms with Gasteiger partial charge < -0.3 is 24.1 Å². The van der Waals surface area contributed by atoms with Crippen molar-refractivity contribution in [3.05, 3.63) is 35.9 Å². The molecule has 7 nitrogen and oxygen atoms in total. The van der Waals surface area contributed by atoms with E-state index in [1.165, 1.54) is 23.6 Å². The van der Waals surface area contributed by atoms with Crippen molar-refractivity contribution in [1.29, 1.82) is 0 Å². The van der Waals surface area contributed by atoms with Gasteiger partial charge in [0.25, 0.3) is 0 Å². The molecule has 1 heterocycles. The van der Waals surface area contributed by atoms with Crippen LogP contribution in [-0.2, 0) is 20.9 Å². The second kappa shape index (κ2) is 12.2. The molecule has 0 aliphatic rings. The lowest BCUT2D eigenvalue weighted by molar-refractivity contribution is -0.227. The number of imidazole rings is 1. The van der Waals surface area contributed by atoms with Crippen molar-refractivity contribution in [2.24, 2.45) is 0 Å². The molecule has 1 aromatic carbocycles. The molecule has 3 atom stereocenters. The van der Waals surface area contributed by atoms with Crippen LogP contribution in [-0.4, -0.2) is 54.3 Å². The highest BCUT2D eigenvalue weighted by molar-refractivity contribution is 6.76. The first-order valence-electron chi connectivity index (χ1n) is 12.4. The molecule has 2 aromatic rings. The van der Waals surface area contributed by atoms with E-state index in [0.717, 1.165) is 13.0 Å². The van der Waals surface area contributed by atoms with E-state index in [0.29, 0.717) is 12.1 Å². The summed E-state index contributed by atoms with van der Waals surface area (Å²) in [6, 6.07) is 2.79. The Hall–Kier alpha value is -2.44. The molecule has 0 saturated heterocycles. The molecule has 0 radical (unpaired) electrons. The van der Waals surface area contributed by atoms with Crippen LogP contribution in [0.25, 0.3) is 17.1 Å². The van der Waals surface area contributed by atoms with Crippen LogP contribution in [0.1, 0.15) is 52.0 Å². The number of alkyl carbamates (subject to hydrolysis) is 1. The third kappa shape index (κ3) is 8.81. The lowest BCUT2D eigenvalue weighted by Crippen LogP contribution is -2.43. The van der Waals surface area contributed by atoms with Gasteiger partial charge in [0.2, 0.25) is 0 Å². The number of alkyl halides is 3. The molecule has 0 aliphatic carbocycles. The summed E-state index contributed by atoms with van der Waals surface area (Å²) >= 11 is 0. The third-order valence-electron chi connectivity index (χ3n) is 5.65. The van der Waals surface area contributed by atoms with Crippen molar-refractivity contribution < 1.29 is 36.6 Å². The zero-order valence-corrected chi connectivity index (χ0v) is 24.3. The van der Waals surface area contributed by atoms with Crippen LogP contribution in [0.5, 0.6) is 0 Å². The topological polar surface area (TPSA) is 74.6 Å². The molecule has 214 valence electrons. The molecule has 1 amide bonds. The maximum Gasteiger partial charge on any atom is 0.414 e. The fourth-order valence-electron chi connectivity index (χ4n) is 3.56. The van der Waals surface area contributed by atoms with Crippen molar-refractivity contribution in [3.63, 3.8) is 0 Å². The first-order chi connectivity index (χ1) is 17.3. The van der Waals surface area contributed by atoms with Crippen molar-refractivity contribution in [2.45, 2.75) is 97.1 Å². The van der Waals surface area contributed by atoms with Crippen LogP contribution in [0.2, 0.25) is 25.7 Å². The second-order valence-electron chi connectivity index (χ2n) is 11.4. The summed E-state index contributed by atoms with van der Waals surface area (Å²) in [6.45, 7) is 17.8. The summed E-state index contributed by atoms with van der Waals surface area (Å²) in [4.78, 5) is 17.2. The van der Waals surface area contributed by atoms with Gasteiger partial charge in [-0.2, -0.15) is 13.2 Å². The number of benzene rings is 1. The van der Waals surface area contributed by atoms with E-state index in [2.05, 4.69) is 36.5 Å². The lowest BCUT2D eigenvalue weighted by Gasteiger charge is -2.30. The van der Waals surface area contributed by atoms with Gasteiger partial charge in [0.05, 0.1) is 11.6 Å². The summed E-state index contributed by atoms with van der Waals surface area (Å²) in [7, 11) is -1.41. The van der Waals surface area contributed by atoms with E-state index in [9.17, 15) is 18.0 Å². The Bertz CT molecular complexity index is 1120. The van der Waals surface area contributed by atoms with Crippen LogP contribution in [0.3, 0.4) is 0 Å². The molecule has 0 fully saturated rings. The Morgan fingerprint density at radius 2 is 1.84 bits per heavy atom. The number of ether oxygens (including phenoxy) is 3. The Morgan fingerprint density at radius 1 is 1.21 bits per heavy atom. The Kier molecular flexibility index (Phi) is 10.2. The number of hydrogen-bond acceptors (Lipinski definition) is 5. The summed E-state index contributed by atoms with van der Waals surface area (Å²) in [5, 5.41) is 2.58. The number of rotatable bonds is 11. The van der Waals surface area contributed by atoms with Gasteiger partial charge in [-0.15, -0.1) is 0 Å². The highest BCUT2D eigenvalue weighted by atomic mass is 28.3. The van der Waals surface area contributed by atoms with Crippen LogP contribution in [0.15, 0.2) is 18.7 Å². The molecule has 12 heteroatoms. The Balaban J connectivity index is 2.59. The molecule has 0 unspecified atom stereocenters. The first kappa shape index (κ1) is 31.8. The zero-order chi connectivity index (χ0) is 29.1. The van der Waals surface area contributed by atoms with Crippen molar-refractivity contribution in [1.82, 2.24) is 14.9 Å². The molecule has 2 rings (SSSR count). The average Bonchev–Trinajstić information content (AvgIpc) is 3.11. The fraction of sp³-hybridized carbons (Fsp3) is 0.615. The molecule has 0 bridgehead atoms. The van der Waals surface area contributed by atoms with Gasteiger partial charge in [-0.1, -0.05) is 32.3 Å².